The van der Waals surface area contributed by atoms with E-state index in [9.17, 15) is 0 Å². The predicted octanol–water partition coefficient (Wildman–Crippen LogP) is 3.18. The molecular formula is C13H14ClN3. The van der Waals surface area contributed by atoms with E-state index < -0.39 is 0 Å². The summed E-state index contributed by atoms with van der Waals surface area (Å²) in [6.07, 6.45) is 5.53. The number of benzene rings is 1. The van der Waals surface area contributed by atoms with Crippen LogP contribution in [0.1, 0.15) is 5.56 Å². The summed E-state index contributed by atoms with van der Waals surface area (Å²) in [5, 5.41) is 3.94. The van der Waals surface area contributed by atoms with E-state index >= 15 is 0 Å². The highest BCUT2D eigenvalue weighted by Crippen LogP contribution is 2.13. The lowest BCUT2D eigenvalue weighted by molar-refractivity contribution is 0.802. The number of aromatic nitrogens is 2. The Morgan fingerprint density at radius 2 is 2.12 bits per heavy atom. The number of halogens is 1. The van der Waals surface area contributed by atoms with Crippen LogP contribution in [0.3, 0.4) is 0 Å². The van der Waals surface area contributed by atoms with Gasteiger partial charge in [0.05, 0.1) is 6.54 Å². The monoisotopic (exact) mass is 247 g/mol. The zero-order chi connectivity index (χ0) is 12.1. The summed E-state index contributed by atoms with van der Waals surface area (Å²) in [7, 11) is 0. The van der Waals surface area contributed by atoms with E-state index in [1.54, 1.807) is 12.3 Å². The van der Waals surface area contributed by atoms with Crippen molar-refractivity contribution >= 4 is 17.5 Å². The first kappa shape index (κ1) is 11.7. The molecule has 0 atom stereocenters. The quantitative estimate of drug-likeness (QED) is 0.823. The average molecular weight is 248 g/mol. The maximum absolute atomic E-state index is 5.85. The van der Waals surface area contributed by atoms with E-state index in [4.69, 9.17) is 11.6 Å². The Morgan fingerprint density at radius 3 is 2.82 bits per heavy atom. The second-order valence-corrected chi connectivity index (χ2v) is 4.11. The van der Waals surface area contributed by atoms with E-state index in [0.717, 1.165) is 17.5 Å². The molecule has 0 amide bonds. The third-order valence-electron chi connectivity index (χ3n) is 2.39. The van der Waals surface area contributed by atoms with Crippen LogP contribution in [-0.2, 0) is 6.54 Å². The highest BCUT2D eigenvalue weighted by molar-refractivity contribution is 6.30. The van der Waals surface area contributed by atoms with Gasteiger partial charge in [0, 0.05) is 24.0 Å². The van der Waals surface area contributed by atoms with Crippen molar-refractivity contribution in [2.45, 2.75) is 6.54 Å². The van der Waals surface area contributed by atoms with Gasteiger partial charge < -0.3 is 9.88 Å². The van der Waals surface area contributed by atoms with Crippen molar-refractivity contribution in [2.75, 3.05) is 11.9 Å². The van der Waals surface area contributed by atoms with Crippen LogP contribution >= 0.6 is 11.6 Å². The molecule has 0 radical (unpaired) electrons. The van der Waals surface area contributed by atoms with Crippen LogP contribution in [-0.4, -0.2) is 16.1 Å². The van der Waals surface area contributed by atoms with Gasteiger partial charge in [-0.15, -0.1) is 6.58 Å². The number of nitrogens with one attached hydrogen (secondary N) is 1. The van der Waals surface area contributed by atoms with E-state index in [1.165, 1.54) is 5.56 Å². The number of nitrogens with zero attached hydrogens (tertiary/aromatic N) is 2. The molecule has 3 nitrogen and oxygen atoms in total. The van der Waals surface area contributed by atoms with Crippen LogP contribution in [0.4, 0.5) is 5.95 Å². The molecule has 0 fully saturated rings. The van der Waals surface area contributed by atoms with E-state index in [1.807, 2.05) is 35.0 Å². The molecule has 0 aliphatic carbocycles. The van der Waals surface area contributed by atoms with Crippen molar-refractivity contribution in [3.63, 3.8) is 0 Å². The molecule has 0 bridgehead atoms. The molecule has 88 valence electrons. The van der Waals surface area contributed by atoms with E-state index in [-0.39, 0.29) is 0 Å². The normalized spacial score (nSPS) is 10.2. The first-order chi connectivity index (χ1) is 8.29. The molecule has 0 aliphatic heterocycles. The van der Waals surface area contributed by atoms with Gasteiger partial charge in [0.25, 0.3) is 0 Å². The minimum Gasteiger partial charge on any atom is -0.352 e. The molecule has 17 heavy (non-hydrogen) atoms. The summed E-state index contributed by atoms with van der Waals surface area (Å²) < 4.78 is 2.05. The fourth-order valence-electron chi connectivity index (χ4n) is 1.55. The lowest BCUT2D eigenvalue weighted by atomic mass is 10.2. The van der Waals surface area contributed by atoms with Crippen LogP contribution in [0.5, 0.6) is 0 Å². The lowest BCUT2D eigenvalue weighted by Gasteiger charge is -2.08. The fourth-order valence-corrected chi connectivity index (χ4v) is 1.68. The summed E-state index contributed by atoms with van der Waals surface area (Å²) in [5.74, 6) is 0.847. The molecule has 1 aromatic carbocycles. The highest BCUT2D eigenvalue weighted by Gasteiger charge is 2.01. The van der Waals surface area contributed by atoms with Gasteiger partial charge in [-0.05, 0) is 17.7 Å². The van der Waals surface area contributed by atoms with Crippen molar-refractivity contribution in [3.8, 4) is 0 Å². The Kier molecular flexibility index (Phi) is 3.83. The van der Waals surface area contributed by atoms with Gasteiger partial charge in [0.2, 0.25) is 5.95 Å². The van der Waals surface area contributed by atoms with E-state index in [0.29, 0.717) is 6.54 Å². The average Bonchev–Trinajstić information content (AvgIpc) is 2.77. The minimum absolute atomic E-state index is 0.706. The first-order valence-electron chi connectivity index (χ1n) is 5.40. The number of rotatable bonds is 5. The topological polar surface area (TPSA) is 29.9 Å². The van der Waals surface area contributed by atoms with Gasteiger partial charge in [-0.3, -0.25) is 0 Å². The fraction of sp³-hybridized carbons (Fsp3) is 0.154. The molecule has 0 unspecified atom stereocenters. The lowest BCUT2D eigenvalue weighted by Crippen LogP contribution is -2.07. The van der Waals surface area contributed by atoms with Gasteiger partial charge in [-0.1, -0.05) is 29.8 Å². The largest absolute Gasteiger partial charge is 0.352 e. The maximum Gasteiger partial charge on any atom is 0.203 e. The summed E-state index contributed by atoms with van der Waals surface area (Å²) in [6, 6.07) is 7.81. The third kappa shape index (κ3) is 3.11. The number of imidazole rings is 1. The highest BCUT2D eigenvalue weighted by atomic mass is 35.5. The van der Waals surface area contributed by atoms with Crippen molar-refractivity contribution in [3.05, 3.63) is 59.9 Å². The Labute approximate surface area is 106 Å². The smallest absolute Gasteiger partial charge is 0.203 e. The van der Waals surface area contributed by atoms with Crippen LogP contribution in [0.2, 0.25) is 5.02 Å². The standard InChI is InChI=1S/C13H14ClN3/c1-2-7-15-13-16-8-9-17(13)10-11-3-5-12(14)6-4-11/h2-6,8-9H,1,7,10H2,(H,15,16). The van der Waals surface area contributed by atoms with Gasteiger partial charge >= 0.3 is 0 Å². The Hall–Kier alpha value is -1.74. The molecule has 1 N–H and O–H groups in total. The molecule has 0 saturated carbocycles. The summed E-state index contributed by atoms with van der Waals surface area (Å²) in [6.45, 7) is 5.15. The van der Waals surface area contributed by atoms with Crippen molar-refractivity contribution in [2.24, 2.45) is 0 Å². The van der Waals surface area contributed by atoms with Gasteiger partial charge in [0.1, 0.15) is 0 Å². The van der Waals surface area contributed by atoms with Gasteiger partial charge in [-0.25, -0.2) is 4.98 Å². The Balaban J connectivity index is 2.10. The second-order valence-electron chi connectivity index (χ2n) is 3.67. The summed E-state index contributed by atoms with van der Waals surface area (Å²) in [4.78, 5) is 4.25. The van der Waals surface area contributed by atoms with Gasteiger partial charge in [-0.2, -0.15) is 0 Å². The first-order valence-corrected chi connectivity index (χ1v) is 5.78. The maximum atomic E-state index is 5.85. The molecule has 1 heterocycles. The third-order valence-corrected chi connectivity index (χ3v) is 2.64. The molecule has 0 aliphatic rings. The second kappa shape index (κ2) is 5.55. The molecule has 0 spiro atoms. The molecule has 4 heteroatoms. The van der Waals surface area contributed by atoms with Crippen molar-refractivity contribution < 1.29 is 0 Å². The number of hydrogen-bond acceptors (Lipinski definition) is 2. The molecular weight excluding hydrogens is 234 g/mol. The Bertz CT molecular complexity index is 488. The van der Waals surface area contributed by atoms with Crippen LogP contribution in [0, 0.1) is 0 Å². The van der Waals surface area contributed by atoms with Crippen LogP contribution in [0.25, 0.3) is 0 Å². The van der Waals surface area contributed by atoms with Crippen LogP contribution in [0.15, 0.2) is 49.3 Å². The molecule has 2 rings (SSSR count). The van der Waals surface area contributed by atoms with Crippen molar-refractivity contribution in [1.82, 2.24) is 9.55 Å². The van der Waals surface area contributed by atoms with Crippen molar-refractivity contribution in [1.29, 1.82) is 0 Å². The van der Waals surface area contributed by atoms with Crippen LogP contribution < -0.4 is 5.32 Å². The molecule has 0 saturated heterocycles. The van der Waals surface area contributed by atoms with E-state index in [2.05, 4.69) is 16.9 Å². The zero-order valence-corrected chi connectivity index (χ0v) is 10.2. The molecule has 1 aromatic heterocycles. The summed E-state index contributed by atoms with van der Waals surface area (Å²) >= 11 is 5.85. The summed E-state index contributed by atoms with van der Waals surface area (Å²) in [5.41, 5.74) is 1.19. The number of hydrogen-bond donors (Lipinski definition) is 1. The molecule has 2 aromatic rings. The Morgan fingerprint density at radius 1 is 1.35 bits per heavy atom. The predicted molar refractivity (Wildman–Crippen MR) is 71.5 cm³/mol. The zero-order valence-electron chi connectivity index (χ0n) is 9.44. The minimum atomic E-state index is 0.706. The van der Waals surface area contributed by atoms with Gasteiger partial charge in [0.15, 0.2) is 0 Å². The SMILES string of the molecule is C=CCNc1nccn1Cc1ccc(Cl)cc1. The number of anilines is 1.